The molecule has 0 aliphatic rings. The third kappa shape index (κ3) is 3.78. The molecule has 2 N–H and O–H groups in total. The summed E-state index contributed by atoms with van der Waals surface area (Å²) >= 11 is 0. The van der Waals surface area contributed by atoms with Crippen LogP contribution in [0.2, 0.25) is 0 Å². The normalized spacial score (nSPS) is 11.0. The number of aromatic carboxylic acids is 1. The molecule has 4 nitrogen and oxygen atoms in total. The quantitative estimate of drug-likeness (QED) is 0.853. The average molecular weight is 247 g/mol. The summed E-state index contributed by atoms with van der Waals surface area (Å²) in [6.45, 7) is -1.50. The molecule has 7 heteroatoms. The lowest BCUT2D eigenvalue weighted by atomic mass is 10.1. The van der Waals surface area contributed by atoms with Crippen LogP contribution in [0.1, 0.15) is 20.7 Å². The predicted molar refractivity (Wildman–Crippen MR) is 51.8 cm³/mol. The second-order valence-electron chi connectivity index (χ2n) is 3.15. The lowest BCUT2D eigenvalue weighted by Crippen LogP contribution is -2.34. The minimum atomic E-state index is -4.53. The summed E-state index contributed by atoms with van der Waals surface area (Å²) in [6, 6.07) is 5.04. The molecule has 1 amide bonds. The van der Waals surface area contributed by atoms with E-state index in [0.29, 0.717) is 0 Å². The number of amides is 1. The molecule has 0 unspecified atom stereocenters. The number of carbonyl (C=O) groups excluding carboxylic acids is 1. The number of carboxylic acids is 1. The minimum absolute atomic E-state index is 0.302. The SMILES string of the molecule is O=C(O)c1ccccc1C(=O)NCC(F)(F)F. The van der Waals surface area contributed by atoms with Crippen molar-refractivity contribution in [2.75, 3.05) is 6.54 Å². The monoisotopic (exact) mass is 247 g/mol. The highest BCUT2D eigenvalue weighted by Gasteiger charge is 2.28. The summed E-state index contributed by atoms with van der Waals surface area (Å²) in [5.74, 6) is -2.44. The fourth-order valence-electron chi connectivity index (χ4n) is 1.14. The Morgan fingerprint density at radius 3 is 2.18 bits per heavy atom. The molecule has 92 valence electrons. The predicted octanol–water partition coefficient (Wildman–Crippen LogP) is 1.68. The molecular weight excluding hydrogens is 239 g/mol. The Kier molecular flexibility index (Phi) is 3.72. The number of rotatable bonds is 3. The lowest BCUT2D eigenvalue weighted by molar-refractivity contribution is -0.123. The second-order valence-corrected chi connectivity index (χ2v) is 3.15. The van der Waals surface area contributed by atoms with E-state index in [-0.39, 0.29) is 11.1 Å². The summed E-state index contributed by atoms with van der Waals surface area (Å²) in [4.78, 5) is 22.1. The van der Waals surface area contributed by atoms with Gasteiger partial charge in [-0.3, -0.25) is 4.79 Å². The molecule has 0 aliphatic carbocycles. The first-order valence-corrected chi connectivity index (χ1v) is 4.48. The van der Waals surface area contributed by atoms with E-state index < -0.39 is 24.6 Å². The average Bonchev–Trinajstić information content (AvgIpc) is 2.25. The maximum absolute atomic E-state index is 11.9. The lowest BCUT2D eigenvalue weighted by Gasteiger charge is -2.09. The molecule has 0 saturated carbocycles. The fourth-order valence-corrected chi connectivity index (χ4v) is 1.14. The van der Waals surface area contributed by atoms with Crippen LogP contribution in [-0.2, 0) is 0 Å². The Morgan fingerprint density at radius 1 is 1.18 bits per heavy atom. The van der Waals surface area contributed by atoms with Crippen molar-refractivity contribution >= 4 is 11.9 Å². The van der Waals surface area contributed by atoms with Crippen LogP contribution in [0, 0.1) is 0 Å². The molecule has 0 radical (unpaired) electrons. The van der Waals surface area contributed by atoms with E-state index in [1.165, 1.54) is 12.1 Å². The van der Waals surface area contributed by atoms with Crippen LogP contribution in [0.25, 0.3) is 0 Å². The molecule has 0 aliphatic heterocycles. The van der Waals surface area contributed by atoms with Crippen molar-refractivity contribution in [2.45, 2.75) is 6.18 Å². The van der Waals surface area contributed by atoms with Crippen molar-refractivity contribution in [1.82, 2.24) is 5.32 Å². The van der Waals surface area contributed by atoms with Gasteiger partial charge in [-0.2, -0.15) is 13.2 Å². The number of hydrogen-bond acceptors (Lipinski definition) is 2. The highest BCUT2D eigenvalue weighted by Crippen LogP contribution is 2.13. The van der Waals surface area contributed by atoms with Crippen LogP contribution in [0.4, 0.5) is 13.2 Å². The van der Waals surface area contributed by atoms with Gasteiger partial charge >= 0.3 is 12.1 Å². The number of halogens is 3. The van der Waals surface area contributed by atoms with E-state index in [2.05, 4.69) is 0 Å². The maximum Gasteiger partial charge on any atom is 0.405 e. The van der Waals surface area contributed by atoms with Gasteiger partial charge in [0.15, 0.2) is 0 Å². The summed E-state index contributed by atoms with van der Waals surface area (Å²) < 4.78 is 35.6. The molecule has 17 heavy (non-hydrogen) atoms. The maximum atomic E-state index is 11.9. The standard InChI is InChI=1S/C10H8F3NO3/c11-10(12,13)5-14-8(15)6-3-1-2-4-7(6)9(16)17/h1-4H,5H2,(H,14,15)(H,16,17). The summed E-state index contributed by atoms with van der Waals surface area (Å²) in [5, 5.41) is 10.3. The molecule has 0 atom stereocenters. The van der Waals surface area contributed by atoms with Gasteiger partial charge in [-0.1, -0.05) is 12.1 Å². The van der Waals surface area contributed by atoms with E-state index in [1.54, 1.807) is 5.32 Å². The Morgan fingerprint density at radius 2 is 1.71 bits per heavy atom. The molecule has 1 aromatic carbocycles. The van der Waals surface area contributed by atoms with Crippen molar-refractivity contribution in [3.05, 3.63) is 35.4 Å². The summed E-state index contributed by atoms with van der Waals surface area (Å²) in [5.41, 5.74) is -0.642. The highest BCUT2D eigenvalue weighted by atomic mass is 19.4. The molecule has 0 bridgehead atoms. The van der Waals surface area contributed by atoms with Crippen LogP contribution in [0.15, 0.2) is 24.3 Å². The number of carboxylic acid groups (broad SMARTS) is 1. The van der Waals surface area contributed by atoms with Crippen molar-refractivity contribution in [1.29, 1.82) is 0 Å². The molecule has 0 saturated heterocycles. The molecule has 1 aromatic rings. The first-order valence-electron chi connectivity index (χ1n) is 4.48. The Bertz CT molecular complexity index is 443. The van der Waals surface area contributed by atoms with E-state index in [9.17, 15) is 22.8 Å². The number of nitrogens with one attached hydrogen (secondary N) is 1. The van der Waals surface area contributed by atoms with Crippen molar-refractivity contribution in [3.8, 4) is 0 Å². The Balaban J connectivity index is 2.86. The van der Waals surface area contributed by atoms with Crippen LogP contribution >= 0.6 is 0 Å². The first kappa shape index (κ1) is 13.0. The third-order valence-corrected chi connectivity index (χ3v) is 1.85. The molecule has 0 heterocycles. The van der Waals surface area contributed by atoms with Crippen molar-refractivity contribution < 1.29 is 27.9 Å². The van der Waals surface area contributed by atoms with Crippen LogP contribution < -0.4 is 5.32 Å². The summed E-state index contributed by atoms with van der Waals surface area (Å²) in [7, 11) is 0. The molecular formula is C10H8F3NO3. The van der Waals surface area contributed by atoms with Gasteiger partial charge in [0, 0.05) is 0 Å². The second kappa shape index (κ2) is 4.86. The zero-order valence-corrected chi connectivity index (χ0v) is 8.41. The molecule has 0 aromatic heterocycles. The van der Waals surface area contributed by atoms with Gasteiger partial charge in [-0.15, -0.1) is 0 Å². The zero-order valence-electron chi connectivity index (χ0n) is 8.41. The van der Waals surface area contributed by atoms with Gasteiger partial charge in [-0.25, -0.2) is 4.79 Å². The molecule has 0 spiro atoms. The molecule has 0 fully saturated rings. The van der Waals surface area contributed by atoms with Crippen LogP contribution in [-0.4, -0.2) is 29.7 Å². The zero-order chi connectivity index (χ0) is 13.1. The number of hydrogen-bond donors (Lipinski definition) is 2. The first-order chi connectivity index (χ1) is 7.81. The number of benzene rings is 1. The van der Waals surface area contributed by atoms with Gasteiger partial charge in [0.2, 0.25) is 0 Å². The van der Waals surface area contributed by atoms with Gasteiger partial charge in [0.1, 0.15) is 6.54 Å². The van der Waals surface area contributed by atoms with Crippen LogP contribution in [0.5, 0.6) is 0 Å². The number of alkyl halides is 3. The third-order valence-electron chi connectivity index (χ3n) is 1.85. The Hall–Kier alpha value is -2.05. The highest BCUT2D eigenvalue weighted by molar-refractivity contribution is 6.04. The Labute approximate surface area is 94.1 Å². The van der Waals surface area contributed by atoms with Gasteiger partial charge < -0.3 is 10.4 Å². The largest absolute Gasteiger partial charge is 0.478 e. The fraction of sp³-hybridized carbons (Fsp3) is 0.200. The minimum Gasteiger partial charge on any atom is -0.478 e. The van der Waals surface area contributed by atoms with E-state index in [4.69, 9.17) is 5.11 Å². The molecule has 1 rings (SSSR count). The smallest absolute Gasteiger partial charge is 0.405 e. The van der Waals surface area contributed by atoms with Crippen molar-refractivity contribution in [2.24, 2.45) is 0 Å². The topological polar surface area (TPSA) is 66.4 Å². The van der Waals surface area contributed by atoms with Crippen molar-refractivity contribution in [3.63, 3.8) is 0 Å². The van der Waals surface area contributed by atoms with Crippen LogP contribution in [0.3, 0.4) is 0 Å². The van der Waals surface area contributed by atoms with E-state index in [0.717, 1.165) is 12.1 Å². The van der Waals surface area contributed by atoms with Gasteiger partial charge in [0.25, 0.3) is 5.91 Å². The van der Waals surface area contributed by atoms with Gasteiger partial charge in [-0.05, 0) is 12.1 Å². The van der Waals surface area contributed by atoms with E-state index >= 15 is 0 Å². The van der Waals surface area contributed by atoms with Gasteiger partial charge in [0.05, 0.1) is 11.1 Å². The number of carbonyl (C=O) groups is 2. The van der Waals surface area contributed by atoms with E-state index in [1.807, 2.05) is 0 Å². The summed E-state index contributed by atoms with van der Waals surface area (Å²) in [6.07, 6.45) is -4.53.